The van der Waals surface area contributed by atoms with Crippen LogP contribution in [0.5, 0.6) is 0 Å². The first-order chi connectivity index (χ1) is 4.12. The lowest BCUT2D eigenvalue weighted by Gasteiger charge is -2.20. The van der Waals surface area contributed by atoms with E-state index in [0.717, 1.165) is 6.04 Å². The Balaban J connectivity index is 3.55. The summed E-state index contributed by atoms with van der Waals surface area (Å²) in [6, 6.07) is 1.11. The zero-order chi connectivity index (χ0) is 7.33. The summed E-state index contributed by atoms with van der Waals surface area (Å²) < 4.78 is 5.74. The van der Waals surface area contributed by atoms with Gasteiger partial charge in [-0.25, -0.2) is 0 Å². The second-order valence-electron chi connectivity index (χ2n) is 2.69. The Kier molecular flexibility index (Phi) is 4.38. The average molecular weight is 176 g/mol. The van der Waals surface area contributed by atoms with Crippen molar-refractivity contribution in [2.45, 2.75) is 19.1 Å². The average Bonchev–Trinajstić information content (AvgIpc) is 1.64. The minimum absolute atomic E-state index is 0.0577. The normalized spacial score (nSPS) is 13.1. The topological polar surface area (TPSA) is 9.23 Å². The van der Waals surface area contributed by atoms with E-state index in [2.05, 4.69) is 19.7 Å². The van der Waals surface area contributed by atoms with Gasteiger partial charge < -0.3 is 4.12 Å². The highest BCUT2D eigenvalue weighted by molar-refractivity contribution is 6.91. The van der Waals surface area contributed by atoms with Crippen molar-refractivity contribution in [3.8, 4) is 0 Å². The van der Waals surface area contributed by atoms with Crippen LogP contribution in [-0.4, -0.2) is 27.4 Å². The fourth-order valence-electron chi connectivity index (χ4n) is 0.797. The fourth-order valence-corrected chi connectivity index (χ4v) is 12.1. The van der Waals surface area contributed by atoms with E-state index in [1.165, 1.54) is 9.76 Å². The van der Waals surface area contributed by atoms with Crippen molar-refractivity contribution in [2.75, 3.05) is 0 Å². The SMILES string of the molecule is C=CC[Si](C)(C)O[SiH2][SiH3]. The van der Waals surface area contributed by atoms with Gasteiger partial charge in [-0.15, -0.1) is 6.58 Å². The second-order valence-corrected chi connectivity index (χ2v) is 10.1. The highest BCUT2D eigenvalue weighted by atomic mass is 29.1. The molecule has 0 aromatic rings. The summed E-state index contributed by atoms with van der Waals surface area (Å²) in [4.78, 5) is 0. The molecule has 0 aliphatic heterocycles. The summed E-state index contributed by atoms with van der Waals surface area (Å²) >= 11 is 0. The van der Waals surface area contributed by atoms with Crippen LogP contribution in [0.15, 0.2) is 12.7 Å². The summed E-state index contributed by atoms with van der Waals surface area (Å²) in [6.45, 7) is 8.24. The summed E-state index contributed by atoms with van der Waals surface area (Å²) in [5.74, 6) is 0. The molecule has 0 aliphatic carbocycles. The van der Waals surface area contributed by atoms with Gasteiger partial charge in [-0.1, -0.05) is 6.08 Å². The highest BCUT2D eigenvalue weighted by Crippen LogP contribution is 2.09. The van der Waals surface area contributed by atoms with Crippen LogP contribution < -0.4 is 0 Å². The van der Waals surface area contributed by atoms with Gasteiger partial charge in [-0.2, -0.15) is 0 Å². The molecule has 1 nitrogen and oxygen atoms in total. The molecule has 0 aromatic heterocycles. The van der Waals surface area contributed by atoms with Crippen molar-refractivity contribution in [3.63, 3.8) is 0 Å². The lowest BCUT2D eigenvalue weighted by atomic mass is 10.8. The van der Waals surface area contributed by atoms with Gasteiger partial charge in [0.05, 0.1) is 0 Å². The molecule has 0 aromatic carbocycles. The Bertz CT molecular complexity index is 92.2. The lowest BCUT2D eigenvalue weighted by molar-refractivity contribution is 0.607. The first kappa shape index (κ1) is 9.35. The second kappa shape index (κ2) is 4.21. The lowest BCUT2D eigenvalue weighted by Crippen LogP contribution is -2.31. The Morgan fingerprint density at radius 1 is 1.78 bits per heavy atom. The van der Waals surface area contributed by atoms with Crippen molar-refractivity contribution in [3.05, 3.63) is 12.7 Å². The van der Waals surface area contributed by atoms with Gasteiger partial charge in [-0.05, 0) is 19.1 Å². The molecule has 0 atom stereocenters. The maximum absolute atomic E-state index is 5.74. The minimum Gasteiger partial charge on any atom is -0.464 e. The molecule has 0 unspecified atom stereocenters. The molecule has 0 fully saturated rings. The predicted molar refractivity (Wildman–Crippen MR) is 52.1 cm³/mol. The van der Waals surface area contributed by atoms with E-state index in [0.29, 0.717) is 0 Å². The third kappa shape index (κ3) is 4.83. The Morgan fingerprint density at radius 2 is 2.33 bits per heavy atom. The molecule has 54 valence electrons. The van der Waals surface area contributed by atoms with Crippen LogP contribution in [0.2, 0.25) is 19.1 Å². The summed E-state index contributed by atoms with van der Waals surface area (Å²) in [5, 5.41) is 0. The Hall–Kier alpha value is 0.351. The third-order valence-electron chi connectivity index (χ3n) is 1.17. The minimum atomic E-state index is -1.22. The maximum atomic E-state index is 5.74. The van der Waals surface area contributed by atoms with Gasteiger partial charge in [0.2, 0.25) is 0 Å². The van der Waals surface area contributed by atoms with Gasteiger partial charge >= 0.3 is 0 Å². The van der Waals surface area contributed by atoms with Gasteiger partial charge in [0.15, 0.2) is 8.32 Å². The molecule has 0 aliphatic rings. The van der Waals surface area contributed by atoms with Crippen LogP contribution in [0.25, 0.3) is 0 Å². The first-order valence-corrected chi connectivity index (χ1v) is 12.7. The first-order valence-electron chi connectivity index (χ1n) is 3.37. The van der Waals surface area contributed by atoms with Crippen molar-refractivity contribution in [2.24, 2.45) is 0 Å². The van der Waals surface area contributed by atoms with Crippen LogP contribution in [0.1, 0.15) is 0 Å². The number of allylic oxidation sites excluding steroid dienone is 1. The van der Waals surface area contributed by atoms with E-state index < -0.39 is 8.32 Å². The van der Waals surface area contributed by atoms with Crippen molar-refractivity contribution >= 4 is 27.4 Å². The van der Waals surface area contributed by atoms with Crippen molar-refractivity contribution in [1.29, 1.82) is 0 Å². The van der Waals surface area contributed by atoms with Crippen molar-refractivity contribution in [1.82, 2.24) is 0 Å². The molecule has 0 radical (unpaired) electrons. The molecule has 9 heavy (non-hydrogen) atoms. The van der Waals surface area contributed by atoms with Gasteiger partial charge in [0.25, 0.3) is 0 Å². The summed E-state index contributed by atoms with van der Waals surface area (Å²) in [7, 11) is 0.0115. The predicted octanol–water partition coefficient (Wildman–Crippen LogP) is -0.242. The van der Waals surface area contributed by atoms with E-state index in [1.54, 1.807) is 0 Å². The molecular weight excluding hydrogens is 160 g/mol. The number of hydrogen-bond acceptors (Lipinski definition) is 1. The highest BCUT2D eigenvalue weighted by Gasteiger charge is 2.17. The third-order valence-corrected chi connectivity index (χ3v) is 9.32. The molecular formula is C5H16OSi3. The number of rotatable bonds is 4. The van der Waals surface area contributed by atoms with Gasteiger partial charge in [-0.3, -0.25) is 0 Å². The molecule has 0 rings (SSSR count). The monoisotopic (exact) mass is 176 g/mol. The molecule has 0 spiro atoms. The van der Waals surface area contributed by atoms with Crippen LogP contribution in [0, 0.1) is 0 Å². The molecule has 0 bridgehead atoms. The Labute approximate surface area is 63.8 Å². The molecule has 0 saturated heterocycles. The Morgan fingerprint density at radius 3 is 2.67 bits per heavy atom. The molecule has 0 saturated carbocycles. The van der Waals surface area contributed by atoms with Crippen LogP contribution >= 0.6 is 0 Å². The standard InChI is InChI=1S/C5H16OSi3/c1-4-5-9(2,3)6-8-7/h4H,1,5,8H2,2-3,7H3. The molecule has 0 N–H and O–H groups in total. The van der Waals surface area contributed by atoms with E-state index >= 15 is 0 Å². The maximum Gasteiger partial charge on any atom is 0.176 e. The molecule has 4 heteroatoms. The van der Waals surface area contributed by atoms with Crippen LogP contribution in [0.4, 0.5) is 0 Å². The number of hydrogen-bond donors (Lipinski definition) is 0. The largest absolute Gasteiger partial charge is 0.464 e. The zero-order valence-electron chi connectivity index (χ0n) is 6.61. The fraction of sp³-hybridized carbons (Fsp3) is 0.600. The smallest absolute Gasteiger partial charge is 0.176 e. The van der Waals surface area contributed by atoms with Crippen LogP contribution in [0.3, 0.4) is 0 Å². The van der Waals surface area contributed by atoms with E-state index in [-0.39, 0.29) is 9.28 Å². The van der Waals surface area contributed by atoms with Gasteiger partial charge in [0, 0.05) is 9.76 Å². The van der Waals surface area contributed by atoms with Crippen molar-refractivity contribution < 1.29 is 4.12 Å². The van der Waals surface area contributed by atoms with E-state index in [9.17, 15) is 0 Å². The van der Waals surface area contributed by atoms with E-state index in [4.69, 9.17) is 4.12 Å². The summed E-state index contributed by atoms with van der Waals surface area (Å²) in [5.41, 5.74) is 0. The van der Waals surface area contributed by atoms with Gasteiger partial charge in [0.1, 0.15) is 9.28 Å². The summed E-state index contributed by atoms with van der Waals surface area (Å²) in [6.07, 6.45) is 1.98. The quantitative estimate of drug-likeness (QED) is 0.424. The molecule has 0 amide bonds. The van der Waals surface area contributed by atoms with E-state index in [1.807, 2.05) is 6.08 Å². The zero-order valence-corrected chi connectivity index (χ0v) is 11.0. The molecule has 0 heterocycles. The van der Waals surface area contributed by atoms with Crippen LogP contribution in [-0.2, 0) is 4.12 Å².